The Hall–Kier alpha value is -1.60. The molecule has 30 heavy (non-hydrogen) atoms. The van der Waals surface area contributed by atoms with E-state index in [0.29, 0.717) is 35.0 Å². The molecule has 8 heteroatoms. The highest BCUT2D eigenvalue weighted by Gasteiger charge is 2.33. The minimum Gasteiger partial charge on any atom is -0.325 e. The molecule has 2 aromatic carbocycles. The molecule has 0 aliphatic carbocycles. The van der Waals surface area contributed by atoms with Crippen LogP contribution < -0.4 is 5.32 Å². The van der Waals surface area contributed by atoms with Crippen LogP contribution in [0.15, 0.2) is 30.3 Å². The Morgan fingerprint density at radius 3 is 2.43 bits per heavy atom. The highest BCUT2D eigenvalue weighted by molar-refractivity contribution is 7.88. The molecule has 1 N–H and O–H groups in total. The van der Waals surface area contributed by atoms with Gasteiger partial charge in [-0.3, -0.25) is 4.79 Å². The van der Waals surface area contributed by atoms with E-state index in [4.69, 9.17) is 23.2 Å². The molecule has 0 radical (unpaired) electrons. The number of piperidine rings is 1. The molecule has 1 amide bonds. The van der Waals surface area contributed by atoms with Gasteiger partial charge < -0.3 is 5.32 Å². The molecule has 1 atom stereocenters. The number of aryl methyl sites for hydroxylation is 3. The van der Waals surface area contributed by atoms with E-state index < -0.39 is 15.9 Å². The highest BCUT2D eigenvalue weighted by atomic mass is 35.5. The predicted octanol–water partition coefficient (Wildman–Crippen LogP) is 5.10. The molecule has 1 heterocycles. The number of carbonyl (C=O) groups excluding carboxylic acids is 1. The Morgan fingerprint density at radius 2 is 1.80 bits per heavy atom. The summed E-state index contributed by atoms with van der Waals surface area (Å²) in [6.45, 7) is 6.51. The maximum atomic E-state index is 13.0. The van der Waals surface area contributed by atoms with Gasteiger partial charge in [0.05, 0.1) is 11.7 Å². The largest absolute Gasteiger partial charge is 0.325 e. The number of carbonyl (C=O) groups is 1. The average Bonchev–Trinajstić information content (AvgIpc) is 2.67. The first-order valence-electron chi connectivity index (χ1n) is 9.87. The second-order valence-corrected chi connectivity index (χ2v) is 10.8. The van der Waals surface area contributed by atoms with Crippen molar-refractivity contribution in [2.24, 2.45) is 5.92 Å². The molecular weight excluding hydrogens is 443 g/mol. The van der Waals surface area contributed by atoms with Crippen LogP contribution in [0.25, 0.3) is 0 Å². The molecule has 5 nitrogen and oxygen atoms in total. The number of nitrogens with zero attached hydrogens (tertiary/aromatic N) is 1. The van der Waals surface area contributed by atoms with Gasteiger partial charge in [0.2, 0.25) is 15.9 Å². The highest BCUT2D eigenvalue weighted by Crippen LogP contribution is 2.28. The molecule has 1 fully saturated rings. The molecule has 162 valence electrons. The lowest BCUT2D eigenvalue weighted by molar-refractivity contribution is -0.120. The first kappa shape index (κ1) is 23.1. The van der Waals surface area contributed by atoms with Crippen molar-refractivity contribution >= 4 is 44.8 Å². The lowest BCUT2D eigenvalue weighted by Crippen LogP contribution is -2.44. The summed E-state index contributed by atoms with van der Waals surface area (Å²) >= 11 is 12.1. The van der Waals surface area contributed by atoms with Crippen molar-refractivity contribution < 1.29 is 13.2 Å². The van der Waals surface area contributed by atoms with Crippen LogP contribution >= 0.6 is 23.2 Å². The number of nitrogens with one attached hydrogen (secondary N) is 1. The number of rotatable bonds is 5. The Labute approximate surface area is 188 Å². The Morgan fingerprint density at radius 1 is 1.13 bits per heavy atom. The number of amides is 1. The van der Waals surface area contributed by atoms with Crippen molar-refractivity contribution in [1.29, 1.82) is 0 Å². The molecule has 0 unspecified atom stereocenters. The summed E-state index contributed by atoms with van der Waals surface area (Å²) in [6, 6.07) is 8.83. The van der Waals surface area contributed by atoms with Gasteiger partial charge in [-0.15, -0.1) is 0 Å². The first-order chi connectivity index (χ1) is 14.1. The van der Waals surface area contributed by atoms with Crippen molar-refractivity contribution in [3.8, 4) is 0 Å². The molecule has 2 aromatic rings. The van der Waals surface area contributed by atoms with E-state index in [-0.39, 0.29) is 18.2 Å². The summed E-state index contributed by atoms with van der Waals surface area (Å²) < 4.78 is 27.3. The number of benzene rings is 2. The molecule has 0 spiro atoms. The number of anilines is 1. The summed E-state index contributed by atoms with van der Waals surface area (Å²) in [5, 5.41) is 3.79. The van der Waals surface area contributed by atoms with E-state index in [2.05, 4.69) is 5.32 Å². The van der Waals surface area contributed by atoms with Gasteiger partial charge in [-0.1, -0.05) is 47.0 Å². The summed E-state index contributed by atoms with van der Waals surface area (Å²) in [5.41, 5.74) is 4.44. The maximum absolute atomic E-state index is 13.0. The van der Waals surface area contributed by atoms with Gasteiger partial charge in [0.1, 0.15) is 0 Å². The van der Waals surface area contributed by atoms with E-state index in [9.17, 15) is 13.2 Å². The van der Waals surface area contributed by atoms with E-state index in [1.165, 1.54) is 10.4 Å². The van der Waals surface area contributed by atoms with Crippen molar-refractivity contribution in [2.45, 2.75) is 39.4 Å². The zero-order chi connectivity index (χ0) is 22.1. The normalized spacial score (nSPS) is 17.7. The van der Waals surface area contributed by atoms with Crippen LogP contribution in [0.5, 0.6) is 0 Å². The second-order valence-electron chi connectivity index (χ2n) is 7.95. The fraction of sp³-hybridized carbons (Fsp3) is 0.409. The van der Waals surface area contributed by atoms with Gasteiger partial charge in [-0.25, -0.2) is 12.7 Å². The Balaban J connectivity index is 1.72. The van der Waals surface area contributed by atoms with Crippen molar-refractivity contribution in [3.63, 3.8) is 0 Å². The Kier molecular flexibility index (Phi) is 7.13. The lowest BCUT2D eigenvalue weighted by Gasteiger charge is -2.31. The van der Waals surface area contributed by atoms with Gasteiger partial charge in [-0.05, 0) is 62.4 Å². The molecule has 1 aliphatic rings. The minimum absolute atomic E-state index is 0.144. The molecule has 0 saturated carbocycles. The van der Waals surface area contributed by atoms with Gasteiger partial charge in [0, 0.05) is 28.8 Å². The van der Waals surface area contributed by atoms with E-state index >= 15 is 0 Å². The summed E-state index contributed by atoms with van der Waals surface area (Å²) in [7, 11) is -3.61. The second kappa shape index (κ2) is 9.27. The van der Waals surface area contributed by atoms with Crippen molar-refractivity contribution in [2.75, 3.05) is 18.4 Å². The van der Waals surface area contributed by atoms with E-state index in [0.717, 1.165) is 22.4 Å². The zero-order valence-corrected chi connectivity index (χ0v) is 19.7. The number of halogens is 2. The third-order valence-electron chi connectivity index (χ3n) is 5.43. The molecule has 1 saturated heterocycles. The van der Waals surface area contributed by atoms with Gasteiger partial charge in [-0.2, -0.15) is 0 Å². The number of sulfonamides is 1. The lowest BCUT2D eigenvalue weighted by atomic mass is 9.98. The molecule has 1 aliphatic heterocycles. The summed E-state index contributed by atoms with van der Waals surface area (Å²) in [5.74, 6) is -0.753. The first-order valence-corrected chi connectivity index (χ1v) is 12.2. The topological polar surface area (TPSA) is 66.5 Å². The van der Waals surface area contributed by atoms with E-state index in [1.54, 1.807) is 12.1 Å². The van der Waals surface area contributed by atoms with Gasteiger partial charge in [0.15, 0.2) is 0 Å². The quantitative estimate of drug-likeness (QED) is 0.663. The molecule has 0 bridgehead atoms. The van der Waals surface area contributed by atoms with Crippen LogP contribution in [0.4, 0.5) is 5.69 Å². The standard InChI is InChI=1S/C22H26Cl2N2O3S/c1-14-9-15(2)21(16(3)10-14)25-22(27)17-5-4-8-26(12-17)30(28,29)13-18-6-7-19(23)11-20(18)24/h6-7,9-11,17H,4-5,8,12-13H2,1-3H3,(H,25,27)/t17-/m0/s1. The minimum atomic E-state index is -3.61. The molecule has 3 rings (SSSR count). The van der Waals surface area contributed by atoms with E-state index in [1.807, 2.05) is 32.9 Å². The van der Waals surface area contributed by atoms with Crippen molar-refractivity contribution in [3.05, 3.63) is 62.6 Å². The smallest absolute Gasteiger partial charge is 0.228 e. The van der Waals surface area contributed by atoms with Crippen molar-refractivity contribution in [1.82, 2.24) is 4.31 Å². The van der Waals surface area contributed by atoms with Crippen LogP contribution in [-0.2, 0) is 20.6 Å². The predicted molar refractivity (Wildman–Crippen MR) is 123 cm³/mol. The number of hydrogen-bond donors (Lipinski definition) is 1. The van der Waals surface area contributed by atoms with Crippen LogP contribution in [-0.4, -0.2) is 31.7 Å². The molecular formula is C22H26Cl2N2O3S. The maximum Gasteiger partial charge on any atom is 0.228 e. The fourth-order valence-electron chi connectivity index (χ4n) is 3.94. The zero-order valence-electron chi connectivity index (χ0n) is 17.3. The van der Waals surface area contributed by atoms with Crippen LogP contribution in [0.1, 0.15) is 35.1 Å². The van der Waals surface area contributed by atoms with Gasteiger partial charge >= 0.3 is 0 Å². The third kappa shape index (κ3) is 5.35. The van der Waals surface area contributed by atoms with Gasteiger partial charge in [0.25, 0.3) is 0 Å². The number of hydrogen-bond acceptors (Lipinski definition) is 3. The third-order valence-corrected chi connectivity index (χ3v) is 7.81. The van der Waals surface area contributed by atoms with Crippen LogP contribution in [0.2, 0.25) is 10.0 Å². The SMILES string of the molecule is Cc1cc(C)c(NC(=O)[C@H]2CCCN(S(=O)(=O)Cc3ccc(Cl)cc3Cl)C2)c(C)c1. The fourth-order valence-corrected chi connectivity index (χ4v) is 6.13. The monoisotopic (exact) mass is 468 g/mol. The summed E-state index contributed by atoms with van der Waals surface area (Å²) in [4.78, 5) is 12.9. The Bertz CT molecular complexity index is 1050. The average molecular weight is 469 g/mol. The van der Waals surface area contributed by atoms with Crippen LogP contribution in [0, 0.1) is 26.7 Å². The summed E-state index contributed by atoms with van der Waals surface area (Å²) in [6.07, 6.45) is 1.29. The molecule has 0 aromatic heterocycles. The van der Waals surface area contributed by atoms with Crippen LogP contribution in [0.3, 0.4) is 0 Å².